The molecule has 6 nitrogen and oxygen atoms in total. The van der Waals surface area contributed by atoms with Crippen LogP contribution in [0.4, 0.5) is 10.2 Å². The quantitative estimate of drug-likeness (QED) is 0.479. The number of rotatable bonds is 6. The van der Waals surface area contributed by atoms with E-state index >= 15 is 0 Å². The highest BCUT2D eigenvalue weighted by atomic mass is 32.2. The van der Waals surface area contributed by atoms with E-state index in [0.29, 0.717) is 11.5 Å². The Hall–Kier alpha value is -3.13. The first-order chi connectivity index (χ1) is 14.0. The van der Waals surface area contributed by atoms with Crippen molar-refractivity contribution in [3.8, 4) is 5.69 Å². The van der Waals surface area contributed by atoms with Gasteiger partial charge >= 0.3 is 0 Å². The SMILES string of the molecule is CCn1c(SCC(=O)Nc2cc(C)nn2-c2ccc(F)cc2)nc2ccccc21. The van der Waals surface area contributed by atoms with Crippen LogP contribution in [0.1, 0.15) is 12.6 Å². The number of fused-ring (bicyclic) bond motifs is 1. The molecule has 29 heavy (non-hydrogen) atoms. The zero-order chi connectivity index (χ0) is 20.4. The highest BCUT2D eigenvalue weighted by Gasteiger charge is 2.14. The maximum absolute atomic E-state index is 13.2. The number of nitrogens with zero attached hydrogens (tertiary/aromatic N) is 4. The molecule has 2 aromatic heterocycles. The molecule has 1 amide bonds. The summed E-state index contributed by atoms with van der Waals surface area (Å²) in [5.74, 6) is 0.284. The number of amides is 1. The average Bonchev–Trinajstić information content (AvgIpc) is 3.26. The first-order valence-electron chi connectivity index (χ1n) is 9.25. The van der Waals surface area contributed by atoms with Crippen LogP contribution in [0.3, 0.4) is 0 Å². The van der Waals surface area contributed by atoms with E-state index in [1.165, 1.54) is 23.9 Å². The molecular weight excluding hydrogens is 389 g/mol. The van der Waals surface area contributed by atoms with Crippen LogP contribution < -0.4 is 5.32 Å². The monoisotopic (exact) mass is 409 g/mol. The van der Waals surface area contributed by atoms with Crippen molar-refractivity contribution in [1.82, 2.24) is 19.3 Å². The molecule has 4 rings (SSSR count). The largest absolute Gasteiger partial charge is 0.319 e. The fourth-order valence-electron chi connectivity index (χ4n) is 3.15. The number of thioether (sulfide) groups is 1. The van der Waals surface area contributed by atoms with Gasteiger partial charge in [-0.15, -0.1) is 0 Å². The van der Waals surface area contributed by atoms with E-state index < -0.39 is 0 Å². The average molecular weight is 409 g/mol. The molecule has 0 spiro atoms. The third-order valence-corrected chi connectivity index (χ3v) is 5.41. The van der Waals surface area contributed by atoms with Crippen molar-refractivity contribution in [2.45, 2.75) is 25.5 Å². The van der Waals surface area contributed by atoms with Crippen LogP contribution in [-0.2, 0) is 11.3 Å². The Bertz CT molecular complexity index is 1170. The van der Waals surface area contributed by atoms with Gasteiger partial charge in [0, 0.05) is 12.6 Å². The molecule has 0 radical (unpaired) electrons. The van der Waals surface area contributed by atoms with E-state index in [-0.39, 0.29) is 17.5 Å². The number of hydrogen-bond donors (Lipinski definition) is 1. The summed E-state index contributed by atoms with van der Waals surface area (Å²) >= 11 is 1.40. The summed E-state index contributed by atoms with van der Waals surface area (Å²) in [6.07, 6.45) is 0. The van der Waals surface area contributed by atoms with E-state index in [1.807, 2.05) is 31.2 Å². The number of carbonyl (C=O) groups is 1. The number of benzene rings is 2. The Labute approximate surface area is 171 Å². The van der Waals surface area contributed by atoms with Gasteiger partial charge in [-0.3, -0.25) is 4.79 Å². The first kappa shape index (κ1) is 19.2. The number of aryl methyl sites for hydroxylation is 2. The van der Waals surface area contributed by atoms with Gasteiger partial charge in [0.05, 0.1) is 28.2 Å². The van der Waals surface area contributed by atoms with Crippen molar-refractivity contribution in [1.29, 1.82) is 0 Å². The summed E-state index contributed by atoms with van der Waals surface area (Å²) in [7, 11) is 0. The highest BCUT2D eigenvalue weighted by Crippen LogP contribution is 2.24. The lowest BCUT2D eigenvalue weighted by molar-refractivity contribution is -0.113. The molecule has 4 aromatic rings. The van der Waals surface area contributed by atoms with Crippen LogP contribution in [0.5, 0.6) is 0 Å². The van der Waals surface area contributed by atoms with Crippen molar-refractivity contribution < 1.29 is 9.18 Å². The molecule has 0 unspecified atom stereocenters. The minimum Gasteiger partial charge on any atom is -0.319 e. The van der Waals surface area contributed by atoms with Gasteiger partial charge in [-0.1, -0.05) is 23.9 Å². The Morgan fingerprint density at radius 2 is 1.93 bits per heavy atom. The standard InChI is InChI=1S/C21H20FN5OS/c1-3-26-18-7-5-4-6-17(18)23-21(26)29-13-20(28)24-19-12-14(2)25-27(19)16-10-8-15(22)9-11-16/h4-12H,3,13H2,1-2H3,(H,24,28). The van der Waals surface area contributed by atoms with Crippen molar-refractivity contribution in [3.05, 3.63) is 66.1 Å². The first-order valence-corrected chi connectivity index (χ1v) is 10.2. The highest BCUT2D eigenvalue weighted by molar-refractivity contribution is 7.99. The zero-order valence-corrected chi connectivity index (χ0v) is 16.9. The van der Waals surface area contributed by atoms with Crippen LogP contribution in [-0.4, -0.2) is 31.0 Å². The van der Waals surface area contributed by atoms with Gasteiger partial charge in [-0.25, -0.2) is 14.1 Å². The van der Waals surface area contributed by atoms with Crippen LogP contribution in [0.15, 0.2) is 59.8 Å². The third kappa shape index (κ3) is 4.02. The molecule has 0 aliphatic heterocycles. The molecule has 8 heteroatoms. The summed E-state index contributed by atoms with van der Waals surface area (Å²) in [5, 5.41) is 8.10. The van der Waals surface area contributed by atoms with Crippen LogP contribution in [0, 0.1) is 12.7 Å². The molecule has 0 aliphatic carbocycles. The Balaban J connectivity index is 1.49. The van der Waals surface area contributed by atoms with Crippen molar-refractivity contribution in [2.75, 3.05) is 11.1 Å². The molecule has 0 saturated carbocycles. The van der Waals surface area contributed by atoms with Gasteiger partial charge in [0.25, 0.3) is 0 Å². The van der Waals surface area contributed by atoms with Gasteiger partial charge in [0.2, 0.25) is 5.91 Å². The lowest BCUT2D eigenvalue weighted by Crippen LogP contribution is -2.17. The summed E-state index contributed by atoms with van der Waals surface area (Å²) in [6.45, 7) is 4.68. The van der Waals surface area contributed by atoms with E-state index in [2.05, 4.69) is 26.9 Å². The molecule has 0 fully saturated rings. The second kappa shape index (κ2) is 8.08. The number of anilines is 1. The Morgan fingerprint density at radius 1 is 1.17 bits per heavy atom. The van der Waals surface area contributed by atoms with E-state index in [1.54, 1.807) is 22.9 Å². The lowest BCUT2D eigenvalue weighted by atomic mass is 10.3. The number of halogens is 1. The smallest absolute Gasteiger partial charge is 0.236 e. The van der Waals surface area contributed by atoms with Crippen molar-refractivity contribution in [2.24, 2.45) is 0 Å². The number of imidazole rings is 1. The van der Waals surface area contributed by atoms with Crippen LogP contribution in [0.2, 0.25) is 0 Å². The minimum atomic E-state index is -0.321. The summed E-state index contributed by atoms with van der Waals surface area (Å²) in [4.78, 5) is 17.2. The second-order valence-electron chi connectivity index (χ2n) is 6.52. The number of nitrogens with one attached hydrogen (secondary N) is 1. The van der Waals surface area contributed by atoms with Gasteiger partial charge in [0.15, 0.2) is 5.16 Å². The number of carbonyl (C=O) groups excluding carboxylic acids is 1. The van der Waals surface area contributed by atoms with Gasteiger partial charge < -0.3 is 9.88 Å². The molecule has 0 bridgehead atoms. The van der Waals surface area contributed by atoms with E-state index in [0.717, 1.165) is 28.4 Å². The number of hydrogen-bond acceptors (Lipinski definition) is 4. The fraction of sp³-hybridized carbons (Fsp3) is 0.190. The third-order valence-electron chi connectivity index (χ3n) is 4.44. The fourth-order valence-corrected chi connectivity index (χ4v) is 4.02. The topological polar surface area (TPSA) is 64.7 Å². The molecule has 2 aromatic carbocycles. The van der Waals surface area contributed by atoms with Gasteiger partial charge in [-0.05, 0) is 50.2 Å². The summed E-state index contributed by atoms with van der Waals surface area (Å²) < 4.78 is 16.9. The number of para-hydroxylation sites is 2. The molecule has 0 atom stereocenters. The van der Waals surface area contributed by atoms with E-state index in [4.69, 9.17) is 0 Å². The maximum atomic E-state index is 13.2. The van der Waals surface area contributed by atoms with Gasteiger partial charge in [0.1, 0.15) is 11.6 Å². The summed E-state index contributed by atoms with van der Waals surface area (Å²) in [5.41, 5.74) is 3.41. The van der Waals surface area contributed by atoms with E-state index in [9.17, 15) is 9.18 Å². The maximum Gasteiger partial charge on any atom is 0.236 e. The Morgan fingerprint density at radius 3 is 2.69 bits per heavy atom. The Kier molecular flexibility index (Phi) is 5.35. The predicted molar refractivity (Wildman–Crippen MR) is 113 cm³/mol. The normalized spacial score (nSPS) is 11.1. The molecular formula is C21H20FN5OS. The minimum absolute atomic E-state index is 0.159. The lowest BCUT2D eigenvalue weighted by Gasteiger charge is -2.09. The van der Waals surface area contributed by atoms with Crippen LogP contribution >= 0.6 is 11.8 Å². The second-order valence-corrected chi connectivity index (χ2v) is 7.47. The van der Waals surface area contributed by atoms with Crippen molar-refractivity contribution in [3.63, 3.8) is 0 Å². The molecule has 1 N–H and O–H groups in total. The molecule has 148 valence electrons. The molecule has 0 aliphatic rings. The van der Waals surface area contributed by atoms with Crippen molar-refractivity contribution >= 4 is 34.5 Å². The predicted octanol–water partition coefficient (Wildman–Crippen LogP) is 4.42. The van der Waals surface area contributed by atoms with Crippen LogP contribution in [0.25, 0.3) is 16.7 Å². The van der Waals surface area contributed by atoms with Gasteiger partial charge in [-0.2, -0.15) is 5.10 Å². The summed E-state index contributed by atoms with van der Waals surface area (Å²) in [6, 6.07) is 15.7. The molecule has 2 heterocycles. The zero-order valence-electron chi connectivity index (χ0n) is 16.1. The molecule has 0 saturated heterocycles. The number of aromatic nitrogens is 4.